The number of hydrogen-bond donors (Lipinski definition) is 1. The van der Waals surface area contributed by atoms with E-state index in [1.165, 1.54) is 16.7 Å². The van der Waals surface area contributed by atoms with E-state index in [-0.39, 0.29) is 12.1 Å². The lowest BCUT2D eigenvalue weighted by Gasteiger charge is -2.51. The van der Waals surface area contributed by atoms with Crippen molar-refractivity contribution in [3.05, 3.63) is 108 Å². The summed E-state index contributed by atoms with van der Waals surface area (Å²) < 4.78 is 6.98. The maximum Gasteiger partial charge on any atom is 0.145 e. The Bertz CT molecular complexity index is 896. The van der Waals surface area contributed by atoms with Crippen LogP contribution in [0.3, 0.4) is 0 Å². The molecule has 3 aromatic rings. The van der Waals surface area contributed by atoms with Crippen LogP contribution in [0.5, 0.6) is 0 Å². The fourth-order valence-corrected chi connectivity index (χ4v) is 4.75. The van der Waals surface area contributed by atoms with E-state index >= 15 is 0 Å². The number of nitrogens with one attached hydrogen (secondary N) is 1. The Hall–Kier alpha value is -2.42. The van der Waals surface area contributed by atoms with Crippen LogP contribution in [0.25, 0.3) is 0 Å². The first-order valence-corrected chi connectivity index (χ1v) is 10.8. The van der Waals surface area contributed by atoms with Gasteiger partial charge in [-0.2, -0.15) is 0 Å². The van der Waals surface area contributed by atoms with Crippen LogP contribution < -0.4 is 5.32 Å². The molecule has 0 saturated carbocycles. The Morgan fingerprint density at radius 1 is 0.862 bits per heavy atom. The Labute approximate surface area is 174 Å². The van der Waals surface area contributed by atoms with Crippen LogP contribution in [-0.4, -0.2) is 6.10 Å². The minimum absolute atomic E-state index is 0.101. The third kappa shape index (κ3) is 3.88. The van der Waals surface area contributed by atoms with Crippen molar-refractivity contribution in [1.29, 1.82) is 0 Å². The molecule has 2 heteroatoms. The van der Waals surface area contributed by atoms with Gasteiger partial charge in [0, 0.05) is 17.9 Å². The summed E-state index contributed by atoms with van der Waals surface area (Å²) >= 11 is 0. The molecule has 0 aliphatic carbocycles. The molecule has 0 aromatic heterocycles. The van der Waals surface area contributed by atoms with Crippen molar-refractivity contribution in [3.8, 4) is 0 Å². The summed E-state index contributed by atoms with van der Waals surface area (Å²) in [4.78, 5) is 0. The second-order valence-electron chi connectivity index (χ2n) is 8.22. The summed E-state index contributed by atoms with van der Waals surface area (Å²) in [7, 11) is 0. The molecule has 1 aliphatic heterocycles. The zero-order valence-electron chi connectivity index (χ0n) is 17.6. The predicted molar refractivity (Wildman–Crippen MR) is 120 cm³/mol. The van der Waals surface area contributed by atoms with Gasteiger partial charge < -0.3 is 4.74 Å². The lowest BCUT2D eigenvalue weighted by Crippen LogP contribution is -2.58. The summed E-state index contributed by atoms with van der Waals surface area (Å²) in [6.07, 6.45) is 0.967. The highest BCUT2D eigenvalue weighted by Crippen LogP contribution is 2.45. The first-order valence-electron chi connectivity index (χ1n) is 10.8. The molecule has 2 nitrogen and oxygen atoms in total. The molecule has 1 aliphatic rings. The Morgan fingerprint density at radius 3 is 2.00 bits per heavy atom. The van der Waals surface area contributed by atoms with E-state index in [1.807, 2.05) is 0 Å². The summed E-state index contributed by atoms with van der Waals surface area (Å²) in [5, 5.41) is 3.91. The number of hydrogen-bond acceptors (Lipinski definition) is 2. The van der Waals surface area contributed by atoms with Crippen molar-refractivity contribution in [3.63, 3.8) is 0 Å². The van der Waals surface area contributed by atoms with Crippen LogP contribution in [-0.2, 0) is 10.5 Å². The molecule has 0 bridgehead atoms. The van der Waals surface area contributed by atoms with Crippen molar-refractivity contribution >= 4 is 0 Å². The number of ether oxygens (including phenoxy) is 1. The molecule has 0 spiro atoms. The largest absolute Gasteiger partial charge is 0.352 e. The van der Waals surface area contributed by atoms with Crippen LogP contribution in [0.2, 0.25) is 0 Å². The molecule has 5 atom stereocenters. The number of benzene rings is 3. The van der Waals surface area contributed by atoms with Gasteiger partial charge in [0.2, 0.25) is 0 Å². The highest BCUT2D eigenvalue weighted by atomic mass is 16.5. The molecule has 1 fully saturated rings. The maximum atomic E-state index is 6.98. The van der Waals surface area contributed by atoms with Gasteiger partial charge in [0.1, 0.15) is 5.72 Å². The molecule has 4 rings (SSSR count). The van der Waals surface area contributed by atoms with Crippen molar-refractivity contribution < 1.29 is 4.74 Å². The Balaban J connectivity index is 1.78. The Morgan fingerprint density at radius 2 is 1.41 bits per heavy atom. The average molecular weight is 386 g/mol. The zero-order valence-corrected chi connectivity index (χ0v) is 17.6. The quantitative estimate of drug-likeness (QED) is 0.547. The third-order valence-electron chi connectivity index (χ3n) is 6.48. The predicted octanol–water partition coefficient (Wildman–Crippen LogP) is 6.42. The molecule has 1 saturated heterocycles. The maximum absolute atomic E-state index is 6.98. The van der Waals surface area contributed by atoms with Crippen LogP contribution >= 0.6 is 0 Å². The van der Waals surface area contributed by atoms with Gasteiger partial charge in [0.15, 0.2) is 0 Å². The van der Waals surface area contributed by atoms with Crippen molar-refractivity contribution in [2.45, 2.75) is 51.0 Å². The molecule has 1 heterocycles. The van der Waals surface area contributed by atoms with E-state index in [9.17, 15) is 0 Å². The molecule has 0 radical (unpaired) electrons. The van der Waals surface area contributed by atoms with Gasteiger partial charge in [-0.1, -0.05) is 112 Å². The summed E-state index contributed by atoms with van der Waals surface area (Å²) in [5.74, 6) is 0.630. The molecular weight excluding hydrogens is 354 g/mol. The van der Waals surface area contributed by atoms with Gasteiger partial charge in [0.25, 0.3) is 0 Å². The summed E-state index contributed by atoms with van der Waals surface area (Å²) in [6, 6.07) is 32.4. The lowest BCUT2D eigenvalue weighted by atomic mass is 9.78. The highest BCUT2D eigenvalue weighted by molar-refractivity contribution is 5.29. The lowest BCUT2D eigenvalue weighted by molar-refractivity contribution is -0.195. The van der Waals surface area contributed by atoms with E-state index in [4.69, 9.17) is 4.74 Å². The van der Waals surface area contributed by atoms with Gasteiger partial charge in [-0.05, 0) is 23.1 Å². The molecule has 3 aromatic carbocycles. The molecular formula is C27H31NO. The van der Waals surface area contributed by atoms with Crippen LogP contribution in [0.1, 0.15) is 55.8 Å². The highest BCUT2D eigenvalue weighted by Gasteiger charge is 2.47. The van der Waals surface area contributed by atoms with E-state index in [0.29, 0.717) is 11.8 Å². The first-order chi connectivity index (χ1) is 14.1. The first kappa shape index (κ1) is 19.9. The standard InChI is InChI=1S/C27H31NO/c1-4-27(24-18-12-7-13-19-24)28-25(23-16-10-6-11-17-23)21(3)26(29-27)20(2)22-14-8-5-9-15-22/h5-21,25-26,28H,4H2,1-3H3/t20?,21-,25?,26-,27?/m0/s1. The summed E-state index contributed by atoms with van der Waals surface area (Å²) in [6.45, 7) is 6.83. The van der Waals surface area contributed by atoms with E-state index < -0.39 is 5.72 Å². The molecule has 29 heavy (non-hydrogen) atoms. The van der Waals surface area contributed by atoms with Crippen LogP contribution in [0.15, 0.2) is 91.0 Å². The summed E-state index contributed by atoms with van der Waals surface area (Å²) in [5.41, 5.74) is 3.35. The fourth-order valence-electron chi connectivity index (χ4n) is 4.75. The minimum atomic E-state index is -0.498. The average Bonchev–Trinajstić information content (AvgIpc) is 2.81. The van der Waals surface area contributed by atoms with E-state index in [2.05, 4.69) is 117 Å². The molecule has 1 N–H and O–H groups in total. The normalized spacial score (nSPS) is 28.0. The van der Waals surface area contributed by atoms with Crippen molar-refractivity contribution in [2.24, 2.45) is 5.92 Å². The van der Waals surface area contributed by atoms with E-state index in [0.717, 1.165) is 6.42 Å². The monoisotopic (exact) mass is 385 g/mol. The number of rotatable bonds is 5. The van der Waals surface area contributed by atoms with Gasteiger partial charge >= 0.3 is 0 Å². The van der Waals surface area contributed by atoms with Crippen LogP contribution in [0.4, 0.5) is 0 Å². The smallest absolute Gasteiger partial charge is 0.145 e. The van der Waals surface area contributed by atoms with Crippen molar-refractivity contribution in [1.82, 2.24) is 5.32 Å². The van der Waals surface area contributed by atoms with Gasteiger partial charge in [-0.25, -0.2) is 0 Å². The fraction of sp³-hybridized carbons (Fsp3) is 0.333. The minimum Gasteiger partial charge on any atom is -0.352 e. The molecule has 3 unspecified atom stereocenters. The van der Waals surface area contributed by atoms with Gasteiger partial charge in [0.05, 0.1) is 6.10 Å². The Kier molecular flexibility index (Phi) is 5.84. The SMILES string of the molecule is CCC1(c2ccccc2)NC(c2ccccc2)[C@H](C)[C@H](C(C)c2ccccc2)O1. The zero-order chi connectivity index (χ0) is 20.3. The van der Waals surface area contributed by atoms with E-state index in [1.54, 1.807) is 0 Å². The van der Waals surface area contributed by atoms with Crippen molar-refractivity contribution in [2.75, 3.05) is 0 Å². The second-order valence-corrected chi connectivity index (χ2v) is 8.22. The third-order valence-corrected chi connectivity index (χ3v) is 6.48. The second kappa shape index (κ2) is 8.52. The van der Waals surface area contributed by atoms with Gasteiger partial charge in [-0.15, -0.1) is 0 Å². The topological polar surface area (TPSA) is 21.3 Å². The van der Waals surface area contributed by atoms with Crippen LogP contribution in [0, 0.1) is 5.92 Å². The molecule has 0 amide bonds. The van der Waals surface area contributed by atoms with Gasteiger partial charge in [-0.3, -0.25) is 5.32 Å². The molecule has 150 valence electrons.